The van der Waals surface area contributed by atoms with Crippen LogP contribution in [0.1, 0.15) is 44.9 Å². The van der Waals surface area contributed by atoms with Gasteiger partial charge in [0, 0.05) is 20.3 Å². The van der Waals surface area contributed by atoms with Gasteiger partial charge in [0.15, 0.2) is 0 Å². The van der Waals surface area contributed by atoms with E-state index in [0.29, 0.717) is 5.41 Å². The molecule has 2 rings (SSSR count). The number of hydrogen-bond donors (Lipinski definition) is 2. The summed E-state index contributed by atoms with van der Waals surface area (Å²) in [6.07, 6.45) is 7.29. The monoisotopic (exact) mass is 240 g/mol. The summed E-state index contributed by atoms with van der Waals surface area (Å²) in [5.74, 6) is 0.0543. The number of hydrogen-bond acceptors (Lipinski definition) is 3. The molecule has 3 N–H and O–H groups in total. The Kier molecular flexibility index (Phi) is 3.73. The molecule has 0 aromatic carbocycles. The summed E-state index contributed by atoms with van der Waals surface area (Å²) in [6.45, 7) is 1.55. The van der Waals surface area contributed by atoms with Crippen molar-refractivity contribution in [2.75, 3.05) is 20.3 Å². The van der Waals surface area contributed by atoms with Gasteiger partial charge in [0.05, 0.1) is 5.54 Å². The summed E-state index contributed by atoms with van der Waals surface area (Å²) in [6, 6.07) is 0. The molecular weight excluding hydrogens is 216 g/mol. The van der Waals surface area contributed by atoms with Gasteiger partial charge in [-0.1, -0.05) is 12.8 Å². The van der Waals surface area contributed by atoms with Gasteiger partial charge in [0.25, 0.3) is 0 Å². The molecule has 4 nitrogen and oxygen atoms in total. The summed E-state index contributed by atoms with van der Waals surface area (Å²) in [4.78, 5) is 12.0. The van der Waals surface area contributed by atoms with Crippen molar-refractivity contribution in [3.8, 4) is 0 Å². The third-order valence-corrected chi connectivity index (χ3v) is 4.37. The first-order valence-corrected chi connectivity index (χ1v) is 6.66. The molecule has 0 unspecified atom stereocenters. The Morgan fingerprint density at radius 1 is 1.29 bits per heavy atom. The molecule has 0 aromatic rings. The zero-order valence-electron chi connectivity index (χ0n) is 10.8. The number of methoxy groups -OCH3 is 1. The molecule has 98 valence electrons. The maximum Gasteiger partial charge on any atom is 0.240 e. The van der Waals surface area contributed by atoms with Crippen LogP contribution in [0.15, 0.2) is 0 Å². The molecule has 0 spiro atoms. The van der Waals surface area contributed by atoms with E-state index in [1.54, 1.807) is 7.11 Å². The quantitative estimate of drug-likeness (QED) is 0.733. The lowest BCUT2D eigenvalue weighted by molar-refractivity contribution is -0.126. The third kappa shape index (κ3) is 2.99. The highest BCUT2D eigenvalue weighted by atomic mass is 16.5. The highest BCUT2D eigenvalue weighted by Crippen LogP contribution is 2.48. The lowest BCUT2D eigenvalue weighted by Crippen LogP contribution is -2.52. The second kappa shape index (κ2) is 4.94. The fourth-order valence-corrected chi connectivity index (χ4v) is 2.69. The van der Waals surface area contributed by atoms with Crippen LogP contribution in [0.25, 0.3) is 0 Å². The molecule has 0 heterocycles. The van der Waals surface area contributed by atoms with Crippen LogP contribution in [0.2, 0.25) is 0 Å². The van der Waals surface area contributed by atoms with Crippen LogP contribution >= 0.6 is 0 Å². The first-order chi connectivity index (χ1) is 8.10. The minimum atomic E-state index is -0.586. The standard InChI is InChI=1S/C13H24N2O2/c1-17-9-8-12(6-7-12)10-15-11(16)13(14)4-2-3-5-13/h2-10,14H2,1H3,(H,15,16). The van der Waals surface area contributed by atoms with Crippen LogP contribution < -0.4 is 11.1 Å². The Balaban J connectivity index is 1.76. The molecule has 2 fully saturated rings. The summed E-state index contributed by atoms with van der Waals surface area (Å²) >= 11 is 0. The fourth-order valence-electron chi connectivity index (χ4n) is 2.69. The van der Waals surface area contributed by atoms with Crippen LogP contribution in [0.3, 0.4) is 0 Å². The van der Waals surface area contributed by atoms with E-state index in [1.807, 2.05) is 0 Å². The zero-order chi connectivity index (χ0) is 12.4. The molecule has 4 heteroatoms. The number of ether oxygens (including phenoxy) is 1. The Bertz CT molecular complexity index is 281. The summed E-state index contributed by atoms with van der Waals surface area (Å²) in [7, 11) is 1.72. The van der Waals surface area contributed by atoms with Crippen LogP contribution in [0, 0.1) is 5.41 Å². The van der Waals surface area contributed by atoms with Crippen molar-refractivity contribution in [2.45, 2.75) is 50.5 Å². The Labute approximate surface area is 103 Å². The van der Waals surface area contributed by atoms with Gasteiger partial charge in [-0.2, -0.15) is 0 Å². The Hall–Kier alpha value is -0.610. The second-order valence-corrected chi connectivity index (χ2v) is 5.79. The molecule has 0 atom stereocenters. The van der Waals surface area contributed by atoms with E-state index >= 15 is 0 Å². The van der Waals surface area contributed by atoms with Gasteiger partial charge >= 0.3 is 0 Å². The van der Waals surface area contributed by atoms with E-state index in [4.69, 9.17) is 10.5 Å². The van der Waals surface area contributed by atoms with E-state index in [0.717, 1.165) is 45.3 Å². The Morgan fingerprint density at radius 3 is 2.47 bits per heavy atom. The van der Waals surface area contributed by atoms with Gasteiger partial charge in [0.2, 0.25) is 5.91 Å². The molecule has 1 amide bonds. The molecule has 0 radical (unpaired) electrons. The Morgan fingerprint density at radius 2 is 1.94 bits per heavy atom. The molecule has 0 bridgehead atoms. The van der Waals surface area contributed by atoms with E-state index in [9.17, 15) is 4.79 Å². The van der Waals surface area contributed by atoms with Gasteiger partial charge < -0.3 is 15.8 Å². The molecule has 0 saturated heterocycles. The van der Waals surface area contributed by atoms with Crippen LogP contribution in [-0.4, -0.2) is 31.7 Å². The van der Waals surface area contributed by atoms with Crippen molar-refractivity contribution in [3.63, 3.8) is 0 Å². The average Bonchev–Trinajstić information content (AvgIpc) is 2.97. The number of carbonyl (C=O) groups excluding carboxylic acids is 1. The minimum Gasteiger partial charge on any atom is -0.385 e. The van der Waals surface area contributed by atoms with Crippen LogP contribution in [0.4, 0.5) is 0 Å². The minimum absolute atomic E-state index is 0.0543. The highest BCUT2D eigenvalue weighted by molar-refractivity contribution is 5.86. The van der Waals surface area contributed by atoms with E-state index in [2.05, 4.69) is 5.32 Å². The summed E-state index contributed by atoms with van der Waals surface area (Å²) < 4.78 is 5.11. The predicted octanol–water partition coefficient (Wildman–Crippen LogP) is 1.19. The number of nitrogens with one attached hydrogen (secondary N) is 1. The van der Waals surface area contributed by atoms with Gasteiger partial charge in [-0.05, 0) is 37.5 Å². The predicted molar refractivity (Wildman–Crippen MR) is 66.6 cm³/mol. The normalized spacial score (nSPS) is 24.6. The maximum absolute atomic E-state index is 12.0. The largest absolute Gasteiger partial charge is 0.385 e. The van der Waals surface area contributed by atoms with Gasteiger partial charge in [-0.3, -0.25) is 4.79 Å². The van der Waals surface area contributed by atoms with Crippen LogP contribution in [0.5, 0.6) is 0 Å². The topological polar surface area (TPSA) is 64.3 Å². The lowest BCUT2D eigenvalue weighted by Gasteiger charge is -2.24. The van der Waals surface area contributed by atoms with Gasteiger partial charge in [-0.15, -0.1) is 0 Å². The molecule has 17 heavy (non-hydrogen) atoms. The van der Waals surface area contributed by atoms with Gasteiger partial charge in [0.1, 0.15) is 0 Å². The van der Waals surface area contributed by atoms with E-state index < -0.39 is 5.54 Å². The number of nitrogens with two attached hydrogens (primary N) is 1. The first kappa shape index (κ1) is 12.8. The molecule has 2 aliphatic rings. The molecular formula is C13H24N2O2. The molecule has 2 saturated carbocycles. The van der Waals surface area contributed by atoms with Crippen LogP contribution in [-0.2, 0) is 9.53 Å². The van der Waals surface area contributed by atoms with E-state index in [1.165, 1.54) is 12.8 Å². The van der Waals surface area contributed by atoms with Crippen molar-refractivity contribution in [1.82, 2.24) is 5.32 Å². The SMILES string of the molecule is COCCC1(CNC(=O)C2(N)CCCC2)CC1. The van der Waals surface area contributed by atoms with Gasteiger partial charge in [-0.25, -0.2) is 0 Å². The maximum atomic E-state index is 12.0. The molecule has 2 aliphatic carbocycles. The summed E-state index contributed by atoms with van der Waals surface area (Å²) in [5, 5.41) is 3.06. The number of carbonyl (C=O) groups is 1. The first-order valence-electron chi connectivity index (χ1n) is 6.66. The van der Waals surface area contributed by atoms with Crippen molar-refractivity contribution < 1.29 is 9.53 Å². The average molecular weight is 240 g/mol. The molecule has 0 aromatic heterocycles. The number of rotatable bonds is 6. The third-order valence-electron chi connectivity index (χ3n) is 4.37. The fraction of sp³-hybridized carbons (Fsp3) is 0.923. The smallest absolute Gasteiger partial charge is 0.240 e. The van der Waals surface area contributed by atoms with Crippen molar-refractivity contribution in [1.29, 1.82) is 0 Å². The van der Waals surface area contributed by atoms with Crippen molar-refractivity contribution in [2.24, 2.45) is 11.1 Å². The van der Waals surface area contributed by atoms with Crippen molar-refractivity contribution >= 4 is 5.91 Å². The zero-order valence-corrected chi connectivity index (χ0v) is 10.8. The summed E-state index contributed by atoms with van der Waals surface area (Å²) in [5.41, 5.74) is 5.84. The van der Waals surface area contributed by atoms with E-state index in [-0.39, 0.29) is 5.91 Å². The lowest BCUT2D eigenvalue weighted by atomic mass is 9.97. The highest BCUT2D eigenvalue weighted by Gasteiger charge is 2.44. The second-order valence-electron chi connectivity index (χ2n) is 5.79. The van der Waals surface area contributed by atoms with Crippen molar-refractivity contribution in [3.05, 3.63) is 0 Å². The number of amides is 1. The molecule has 0 aliphatic heterocycles.